The van der Waals surface area contributed by atoms with Crippen LogP contribution in [0.2, 0.25) is 19.6 Å². The summed E-state index contributed by atoms with van der Waals surface area (Å²) in [6.45, 7) is 9.05. The quantitative estimate of drug-likeness (QED) is 0.299. The van der Waals surface area contributed by atoms with Crippen molar-refractivity contribution in [1.29, 1.82) is 5.26 Å². The van der Waals surface area contributed by atoms with Gasteiger partial charge in [0.1, 0.15) is 11.6 Å². The van der Waals surface area contributed by atoms with E-state index in [0.717, 1.165) is 0 Å². The Morgan fingerprint density at radius 3 is 2.38 bits per heavy atom. The van der Waals surface area contributed by atoms with E-state index in [1.807, 2.05) is 19.6 Å². The fourth-order valence-electron chi connectivity index (χ4n) is 0.602. The molecule has 0 radical (unpaired) electrons. The minimum atomic E-state index is -1.90. The molecule has 0 unspecified atom stereocenters. The van der Waals surface area contributed by atoms with Crippen LogP contribution in [0.5, 0.6) is 0 Å². The molecule has 0 heterocycles. The molecule has 4 heteroatoms. The van der Waals surface area contributed by atoms with Crippen molar-refractivity contribution in [3.8, 4) is 6.07 Å². The number of nitrogens with zero attached hydrogens (tertiary/aromatic N) is 1. The number of nitriles is 1. The van der Waals surface area contributed by atoms with Gasteiger partial charge in [0.15, 0.2) is 0 Å². The Bertz CT molecular complexity index is 281. The molecule has 0 saturated carbocycles. The molecule has 0 bridgehead atoms. The van der Waals surface area contributed by atoms with Crippen molar-refractivity contribution in [3.05, 3.63) is 24.3 Å². The molecule has 0 saturated heterocycles. The van der Waals surface area contributed by atoms with Crippen LogP contribution in [0.25, 0.3) is 0 Å². The standard InChI is InChI=1S/C9H13NO2Si/c1-5-6-8(7-10)9(11)12-13(2,3)4/h5-6H,1H2,2-4H3. The van der Waals surface area contributed by atoms with Gasteiger partial charge in [-0.1, -0.05) is 12.7 Å². The third-order valence-electron chi connectivity index (χ3n) is 1.02. The minimum Gasteiger partial charge on any atom is -0.516 e. The van der Waals surface area contributed by atoms with E-state index in [9.17, 15) is 4.79 Å². The summed E-state index contributed by atoms with van der Waals surface area (Å²) in [7, 11) is -1.90. The second-order valence-electron chi connectivity index (χ2n) is 3.43. The SMILES string of the molecule is C=CC=C(C#N)C(=O)O[Si](C)(C)C. The van der Waals surface area contributed by atoms with Crippen molar-refractivity contribution in [1.82, 2.24) is 0 Å². The van der Waals surface area contributed by atoms with Crippen molar-refractivity contribution in [2.45, 2.75) is 19.6 Å². The molecule has 70 valence electrons. The van der Waals surface area contributed by atoms with Gasteiger partial charge in [-0.15, -0.1) is 0 Å². The van der Waals surface area contributed by atoms with Gasteiger partial charge >= 0.3 is 5.97 Å². The summed E-state index contributed by atoms with van der Waals surface area (Å²) in [6.07, 6.45) is 2.74. The second kappa shape index (κ2) is 4.63. The summed E-state index contributed by atoms with van der Waals surface area (Å²) in [5.41, 5.74) is -0.00238. The van der Waals surface area contributed by atoms with E-state index in [1.54, 1.807) is 6.07 Å². The average molecular weight is 195 g/mol. The zero-order valence-corrected chi connectivity index (χ0v) is 9.13. The van der Waals surface area contributed by atoms with Crippen LogP contribution in [-0.2, 0) is 9.22 Å². The molecule has 0 N–H and O–H groups in total. The number of hydrogen-bond donors (Lipinski definition) is 0. The van der Waals surface area contributed by atoms with Crippen molar-refractivity contribution in [2.75, 3.05) is 0 Å². The van der Waals surface area contributed by atoms with Crippen molar-refractivity contribution in [2.24, 2.45) is 0 Å². The summed E-state index contributed by atoms with van der Waals surface area (Å²) < 4.78 is 5.10. The third kappa shape index (κ3) is 4.99. The Hall–Kier alpha value is -1.34. The van der Waals surface area contributed by atoms with E-state index < -0.39 is 14.3 Å². The Kier molecular flexibility index (Phi) is 4.15. The highest BCUT2D eigenvalue weighted by molar-refractivity contribution is 6.71. The lowest BCUT2D eigenvalue weighted by Gasteiger charge is -2.16. The molecule has 0 aromatic rings. The van der Waals surface area contributed by atoms with E-state index in [-0.39, 0.29) is 5.57 Å². The van der Waals surface area contributed by atoms with E-state index in [2.05, 4.69) is 6.58 Å². The number of rotatable bonds is 3. The number of allylic oxidation sites excluding steroid dienone is 2. The lowest BCUT2D eigenvalue weighted by atomic mass is 10.3. The van der Waals surface area contributed by atoms with E-state index in [1.165, 1.54) is 12.2 Å². The van der Waals surface area contributed by atoms with E-state index >= 15 is 0 Å². The van der Waals surface area contributed by atoms with Crippen LogP contribution in [0.4, 0.5) is 0 Å². The number of carbonyl (C=O) groups is 1. The predicted molar refractivity (Wildman–Crippen MR) is 53.3 cm³/mol. The maximum absolute atomic E-state index is 11.3. The first-order chi connectivity index (χ1) is 5.90. The fourth-order valence-corrected chi connectivity index (χ4v) is 1.27. The first kappa shape index (κ1) is 11.7. The number of hydrogen-bond acceptors (Lipinski definition) is 3. The monoisotopic (exact) mass is 195 g/mol. The first-order valence-electron chi connectivity index (χ1n) is 3.87. The molecule has 0 aromatic carbocycles. The van der Waals surface area contributed by atoms with Gasteiger partial charge in [-0.25, -0.2) is 4.79 Å². The van der Waals surface area contributed by atoms with Gasteiger partial charge < -0.3 is 4.43 Å². The van der Waals surface area contributed by atoms with Crippen LogP contribution in [0.1, 0.15) is 0 Å². The highest BCUT2D eigenvalue weighted by Crippen LogP contribution is 2.07. The van der Waals surface area contributed by atoms with Crippen LogP contribution in [0.3, 0.4) is 0 Å². The molecule has 0 spiro atoms. The molecule has 3 nitrogen and oxygen atoms in total. The highest BCUT2D eigenvalue weighted by atomic mass is 28.4. The summed E-state index contributed by atoms with van der Waals surface area (Å²) in [5.74, 6) is -0.554. The molecule has 0 aliphatic carbocycles. The molecular weight excluding hydrogens is 182 g/mol. The van der Waals surface area contributed by atoms with Crippen LogP contribution >= 0.6 is 0 Å². The van der Waals surface area contributed by atoms with Gasteiger partial charge in [0.2, 0.25) is 8.32 Å². The maximum atomic E-state index is 11.3. The van der Waals surface area contributed by atoms with Crippen molar-refractivity contribution >= 4 is 14.3 Å². The summed E-state index contributed by atoms with van der Waals surface area (Å²) in [5, 5.41) is 8.57. The van der Waals surface area contributed by atoms with Gasteiger partial charge in [-0.05, 0) is 25.7 Å². The lowest BCUT2D eigenvalue weighted by Crippen LogP contribution is -2.29. The first-order valence-corrected chi connectivity index (χ1v) is 7.27. The van der Waals surface area contributed by atoms with Gasteiger partial charge in [-0.3, -0.25) is 0 Å². The van der Waals surface area contributed by atoms with Crippen LogP contribution in [-0.4, -0.2) is 14.3 Å². The van der Waals surface area contributed by atoms with E-state index in [0.29, 0.717) is 0 Å². The van der Waals surface area contributed by atoms with Gasteiger partial charge in [0.05, 0.1) is 0 Å². The van der Waals surface area contributed by atoms with Gasteiger partial charge in [0, 0.05) is 0 Å². The summed E-state index contributed by atoms with van der Waals surface area (Å²) >= 11 is 0. The zero-order valence-electron chi connectivity index (χ0n) is 8.13. The molecule has 0 aromatic heterocycles. The summed E-state index contributed by atoms with van der Waals surface area (Å²) in [4.78, 5) is 11.3. The van der Waals surface area contributed by atoms with E-state index in [4.69, 9.17) is 9.69 Å². The molecule has 0 aliphatic heterocycles. The van der Waals surface area contributed by atoms with Gasteiger partial charge in [0.25, 0.3) is 0 Å². The lowest BCUT2D eigenvalue weighted by molar-refractivity contribution is -0.130. The van der Waals surface area contributed by atoms with Crippen LogP contribution < -0.4 is 0 Å². The minimum absolute atomic E-state index is 0.00238. The average Bonchev–Trinajstić information content (AvgIpc) is 1.96. The molecule has 13 heavy (non-hydrogen) atoms. The molecular formula is C9H13NO2Si. The summed E-state index contributed by atoms with van der Waals surface area (Å²) in [6, 6.07) is 1.76. The van der Waals surface area contributed by atoms with Crippen molar-refractivity contribution < 1.29 is 9.22 Å². The Labute approximate surface area is 79.5 Å². The molecule has 0 amide bonds. The molecule has 0 aliphatic rings. The highest BCUT2D eigenvalue weighted by Gasteiger charge is 2.21. The second-order valence-corrected chi connectivity index (χ2v) is 7.86. The topological polar surface area (TPSA) is 50.1 Å². The van der Waals surface area contributed by atoms with Crippen LogP contribution in [0, 0.1) is 11.3 Å². The van der Waals surface area contributed by atoms with Crippen LogP contribution in [0.15, 0.2) is 24.3 Å². The molecule has 0 atom stereocenters. The zero-order chi connectivity index (χ0) is 10.5. The predicted octanol–water partition coefficient (Wildman–Crippen LogP) is 2.00. The normalized spacial score (nSPS) is 11.7. The Morgan fingerprint density at radius 2 is 2.08 bits per heavy atom. The van der Waals surface area contributed by atoms with Crippen molar-refractivity contribution in [3.63, 3.8) is 0 Å². The third-order valence-corrected chi connectivity index (χ3v) is 1.82. The largest absolute Gasteiger partial charge is 0.516 e. The maximum Gasteiger partial charge on any atom is 0.335 e. The Morgan fingerprint density at radius 1 is 1.54 bits per heavy atom. The Balaban J connectivity index is 4.53. The smallest absolute Gasteiger partial charge is 0.335 e. The fraction of sp³-hybridized carbons (Fsp3) is 0.333. The molecule has 0 rings (SSSR count). The number of carbonyl (C=O) groups excluding carboxylic acids is 1. The van der Waals surface area contributed by atoms with Gasteiger partial charge in [-0.2, -0.15) is 5.26 Å². The molecule has 0 fully saturated rings.